The van der Waals surface area contributed by atoms with Crippen LogP contribution in [-0.4, -0.2) is 51.5 Å². The Hall–Kier alpha value is -2.17. The molecule has 2 aromatic rings. The smallest absolute Gasteiger partial charge is 0.320 e. The molecule has 0 unspecified atom stereocenters. The summed E-state index contributed by atoms with van der Waals surface area (Å²) in [5.74, 6) is 0. The van der Waals surface area contributed by atoms with E-state index in [1.807, 2.05) is 0 Å². The van der Waals surface area contributed by atoms with E-state index in [1.54, 1.807) is 12.4 Å². The van der Waals surface area contributed by atoms with Crippen molar-refractivity contribution >= 4 is 17.1 Å². The maximum Gasteiger partial charge on any atom is 0.320 e. The van der Waals surface area contributed by atoms with Crippen LogP contribution in [-0.2, 0) is 11.8 Å². The van der Waals surface area contributed by atoms with Crippen molar-refractivity contribution in [3.05, 3.63) is 35.7 Å². The molecule has 2 atom stereocenters. The Labute approximate surface area is 167 Å². The molecule has 0 N–H and O–H groups in total. The molecule has 0 spiro atoms. The third kappa shape index (κ3) is 2.41. The molecule has 2 bridgehead atoms. The lowest BCUT2D eigenvalue weighted by Crippen LogP contribution is -2.66. The summed E-state index contributed by atoms with van der Waals surface area (Å²) in [6.07, 6.45) is 8.96. The molecule has 5 heteroatoms. The van der Waals surface area contributed by atoms with E-state index in [2.05, 4.69) is 52.7 Å². The van der Waals surface area contributed by atoms with Crippen molar-refractivity contribution in [2.24, 2.45) is 5.41 Å². The first-order valence-electron chi connectivity index (χ1n) is 10.7. The topological polar surface area (TPSA) is 49.3 Å². The van der Waals surface area contributed by atoms with Gasteiger partial charge < -0.3 is 9.80 Å². The normalized spacial score (nSPS) is 28.9. The summed E-state index contributed by atoms with van der Waals surface area (Å²) < 4.78 is 0. The van der Waals surface area contributed by atoms with Gasteiger partial charge in [-0.2, -0.15) is 0 Å². The van der Waals surface area contributed by atoms with Crippen LogP contribution in [0.3, 0.4) is 0 Å². The molecule has 28 heavy (non-hydrogen) atoms. The van der Waals surface area contributed by atoms with E-state index in [1.165, 1.54) is 17.5 Å². The van der Waals surface area contributed by atoms with Crippen molar-refractivity contribution in [2.75, 3.05) is 19.6 Å². The molecule has 1 aromatic heterocycles. The van der Waals surface area contributed by atoms with Gasteiger partial charge in [-0.15, -0.1) is 0 Å². The highest BCUT2D eigenvalue weighted by molar-refractivity contribution is 5.78. The summed E-state index contributed by atoms with van der Waals surface area (Å²) in [5.41, 5.74) is 4.73. The van der Waals surface area contributed by atoms with Gasteiger partial charge in [0.1, 0.15) is 0 Å². The Balaban J connectivity index is 1.57. The van der Waals surface area contributed by atoms with E-state index in [0.29, 0.717) is 0 Å². The molecule has 2 saturated heterocycles. The standard InChI is InChI=1S/C23H30N4O/c1-22(2)20-14-16-13-18-19(25-9-8-24-18)15-17(16)23(22,3)7-12-27(20)21(28)26-10-5-4-6-11-26/h8-9,13,15,20H,4-7,10-12,14H2,1-3H3/t20-,23+/m1/s1. The van der Waals surface area contributed by atoms with Crippen molar-refractivity contribution in [1.29, 1.82) is 0 Å². The number of hydrogen-bond acceptors (Lipinski definition) is 3. The first-order valence-corrected chi connectivity index (χ1v) is 10.7. The zero-order chi connectivity index (χ0) is 19.5. The molecule has 2 amide bonds. The summed E-state index contributed by atoms with van der Waals surface area (Å²) >= 11 is 0. The number of carbonyl (C=O) groups is 1. The largest absolute Gasteiger partial charge is 0.325 e. The Morgan fingerprint density at radius 1 is 1.00 bits per heavy atom. The van der Waals surface area contributed by atoms with Crippen molar-refractivity contribution in [3.63, 3.8) is 0 Å². The quantitative estimate of drug-likeness (QED) is 0.692. The lowest BCUT2D eigenvalue weighted by Gasteiger charge is -2.61. The molecule has 2 fully saturated rings. The number of piperidine rings is 2. The second kappa shape index (κ2) is 6.16. The molecule has 148 valence electrons. The number of aromatic nitrogens is 2. The monoisotopic (exact) mass is 378 g/mol. The van der Waals surface area contributed by atoms with Crippen molar-refractivity contribution in [2.45, 2.75) is 64.3 Å². The first-order chi connectivity index (χ1) is 13.4. The van der Waals surface area contributed by atoms with Crippen LogP contribution in [0.5, 0.6) is 0 Å². The second-order valence-electron chi connectivity index (χ2n) is 9.60. The van der Waals surface area contributed by atoms with E-state index >= 15 is 0 Å². The van der Waals surface area contributed by atoms with E-state index in [0.717, 1.165) is 56.4 Å². The molecule has 5 rings (SSSR count). The molecule has 0 saturated carbocycles. The Bertz CT molecular complexity index is 933. The second-order valence-corrected chi connectivity index (χ2v) is 9.60. The molecular formula is C23H30N4O. The fourth-order valence-corrected chi connectivity index (χ4v) is 5.87. The van der Waals surface area contributed by atoms with Gasteiger partial charge in [-0.3, -0.25) is 9.97 Å². The summed E-state index contributed by atoms with van der Waals surface area (Å²) in [4.78, 5) is 26.7. The van der Waals surface area contributed by atoms with Crippen molar-refractivity contribution < 1.29 is 4.79 Å². The van der Waals surface area contributed by atoms with E-state index in [4.69, 9.17) is 0 Å². The van der Waals surface area contributed by atoms with Crippen LogP contribution in [0.2, 0.25) is 0 Å². The van der Waals surface area contributed by atoms with Crippen LogP contribution in [0.15, 0.2) is 24.5 Å². The van der Waals surface area contributed by atoms with Gasteiger partial charge in [-0.1, -0.05) is 20.8 Å². The van der Waals surface area contributed by atoms with E-state index < -0.39 is 0 Å². The maximum atomic E-state index is 13.4. The highest BCUT2D eigenvalue weighted by Crippen LogP contribution is 2.56. The molecule has 3 aliphatic rings. The van der Waals surface area contributed by atoms with E-state index in [9.17, 15) is 4.79 Å². The highest BCUT2D eigenvalue weighted by atomic mass is 16.2. The number of amides is 2. The van der Waals surface area contributed by atoms with Gasteiger partial charge in [0.15, 0.2) is 0 Å². The number of fused-ring (bicyclic) bond motifs is 5. The van der Waals surface area contributed by atoms with Crippen LogP contribution < -0.4 is 0 Å². The molecule has 3 heterocycles. The predicted molar refractivity (Wildman–Crippen MR) is 110 cm³/mol. The van der Waals surface area contributed by atoms with Gasteiger partial charge in [0, 0.05) is 43.5 Å². The number of benzene rings is 1. The molecule has 1 aliphatic carbocycles. The van der Waals surface area contributed by atoms with Gasteiger partial charge in [0.2, 0.25) is 0 Å². The fraction of sp³-hybridized carbons (Fsp3) is 0.609. The third-order valence-corrected chi connectivity index (χ3v) is 8.06. The molecule has 2 aliphatic heterocycles. The van der Waals surface area contributed by atoms with Gasteiger partial charge >= 0.3 is 6.03 Å². The Kier molecular flexibility index (Phi) is 3.94. The van der Waals surface area contributed by atoms with Gasteiger partial charge in [0.05, 0.1) is 11.0 Å². The van der Waals surface area contributed by atoms with Crippen LogP contribution in [0.4, 0.5) is 4.79 Å². The Morgan fingerprint density at radius 2 is 1.68 bits per heavy atom. The summed E-state index contributed by atoms with van der Waals surface area (Å²) in [5, 5.41) is 0. The van der Waals surface area contributed by atoms with Gasteiger partial charge in [-0.05, 0) is 60.8 Å². The molecule has 5 nitrogen and oxygen atoms in total. The summed E-state index contributed by atoms with van der Waals surface area (Å²) in [6.45, 7) is 9.78. The van der Waals surface area contributed by atoms with E-state index in [-0.39, 0.29) is 22.9 Å². The number of hydrogen-bond donors (Lipinski definition) is 0. The van der Waals surface area contributed by atoms with Crippen LogP contribution in [0, 0.1) is 5.41 Å². The van der Waals surface area contributed by atoms with Crippen LogP contribution >= 0.6 is 0 Å². The number of likely N-dealkylation sites (tertiary alicyclic amines) is 2. The minimum atomic E-state index is 0.0135. The minimum absolute atomic E-state index is 0.0135. The summed E-state index contributed by atoms with van der Waals surface area (Å²) in [7, 11) is 0. The summed E-state index contributed by atoms with van der Waals surface area (Å²) in [6, 6.07) is 4.95. The lowest BCUT2D eigenvalue weighted by atomic mass is 9.51. The van der Waals surface area contributed by atoms with Crippen LogP contribution in [0.1, 0.15) is 57.6 Å². The Morgan fingerprint density at radius 3 is 2.39 bits per heavy atom. The number of carbonyl (C=O) groups excluding carboxylic acids is 1. The number of nitrogens with zero attached hydrogens (tertiary/aromatic N) is 4. The number of urea groups is 1. The SMILES string of the molecule is CC1(C)[C@H]2Cc3cc4nccnc4cc3[C@]1(C)CCN2C(=O)N1CCCCC1. The van der Waals surface area contributed by atoms with Crippen molar-refractivity contribution in [3.8, 4) is 0 Å². The first kappa shape index (κ1) is 17.9. The molecule has 0 radical (unpaired) electrons. The van der Waals surface area contributed by atoms with Gasteiger partial charge in [0.25, 0.3) is 0 Å². The van der Waals surface area contributed by atoms with Crippen molar-refractivity contribution in [1.82, 2.24) is 19.8 Å². The maximum absolute atomic E-state index is 13.4. The fourth-order valence-electron chi connectivity index (χ4n) is 5.87. The predicted octanol–water partition coefficient (Wildman–Crippen LogP) is 4.15. The zero-order valence-electron chi connectivity index (χ0n) is 17.2. The third-order valence-electron chi connectivity index (χ3n) is 8.06. The molecule has 1 aromatic carbocycles. The zero-order valence-corrected chi connectivity index (χ0v) is 17.2. The molecular weight excluding hydrogens is 348 g/mol. The highest BCUT2D eigenvalue weighted by Gasteiger charge is 2.57. The minimum Gasteiger partial charge on any atom is -0.325 e. The number of rotatable bonds is 0. The average molecular weight is 379 g/mol. The van der Waals surface area contributed by atoms with Crippen LogP contribution in [0.25, 0.3) is 11.0 Å². The average Bonchev–Trinajstić information content (AvgIpc) is 2.70. The lowest BCUT2D eigenvalue weighted by molar-refractivity contribution is -0.0241. The van der Waals surface area contributed by atoms with Gasteiger partial charge in [-0.25, -0.2) is 4.79 Å².